The second-order valence-corrected chi connectivity index (χ2v) is 5.44. The molecule has 0 unspecified atom stereocenters. The van der Waals surface area contributed by atoms with Gasteiger partial charge in [0.05, 0.1) is 5.75 Å². The molecule has 0 aliphatic rings. The van der Waals surface area contributed by atoms with Gasteiger partial charge in [-0.3, -0.25) is 0 Å². The zero-order valence-electron chi connectivity index (χ0n) is 11.3. The molecule has 0 fully saturated rings. The standard InChI is InChI=1S/C14H14N4OS/c1-10-4-3-5-11(8-10)13-16-12(17-19-13)9-20-14-15-6-7-18(14)2/h3-8H,9H2,1-2H3. The van der Waals surface area contributed by atoms with Crippen LogP contribution in [0, 0.1) is 6.92 Å². The van der Waals surface area contributed by atoms with Crippen molar-refractivity contribution < 1.29 is 4.52 Å². The monoisotopic (exact) mass is 286 g/mol. The van der Waals surface area contributed by atoms with Gasteiger partial charge in [-0.2, -0.15) is 4.98 Å². The Morgan fingerprint density at radius 1 is 1.35 bits per heavy atom. The van der Waals surface area contributed by atoms with Crippen LogP contribution in [-0.2, 0) is 12.8 Å². The number of aromatic nitrogens is 4. The first-order valence-electron chi connectivity index (χ1n) is 6.22. The summed E-state index contributed by atoms with van der Waals surface area (Å²) in [6.45, 7) is 2.04. The number of imidazole rings is 1. The summed E-state index contributed by atoms with van der Waals surface area (Å²) >= 11 is 1.59. The number of hydrogen-bond donors (Lipinski definition) is 0. The van der Waals surface area contributed by atoms with E-state index in [2.05, 4.69) is 15.1 Å². The van der Waals surface area contributed by atoms with Gasteiger partial charge in [0.25, 0.3) is 5.89 Å². The summed E-state index contributed by atoms with van der Waals surface area (Å²) in [7, 11) is 1.96. The van der Waals surface area contributed by atoms with Gasteiger partial charge in [-0.1, -0.05) is 34.6 Å². The molecule has 0 aliphatic carbocycles. The van der Waals surface area contributed by atoms with Gasteiger partial charge in [-0.25, -0.2) is 4.98 Å². The minimum absolute atomic E-state index is 0.559. The quantitative estimate of drug-likeness (QED) is 0.690. The number of benzene rings is 1. The molecule has 0 radical (unpaired) electrons. The largest absolute Gasteiger partial charge is 0.334 e. The Kier molecular flexibility index (Phi) is 3.56. The minimum atomic E-state index is 0.559. The van der Waals surface area contributed by atoms with E-state index in [-0.39, 0.29) is 0 Å². The molecular weight excluding hydrogens is 272 g/mol. The van der Waals surface area contributed by atoms with E-state index < -0.39 is 0 Å². The third-order valence-corrected chi connectivity index (χ3v) is 3.89. The summed E-state index contributed by atoms with van der Waals surface area (Å²) in [5.41, 5.74) is 2.12. The Morgan fingerprint density at radius 2 is 2.25 bits per heavy atom. The van der Waals surface area contributed by atoms with Crippen LogP contribution in [-0.4, -0.2) is 19.7 Å². The molecule has 0 saturated carbocycles. The summed E-state index contributed by atoms with van der Waals surface area (Å²) in [5, 5.41) is 4.94. The van der Waals surface area contributed by atoms with Gasteiger partial charge in [-0.05, 0) is 19.1 Å². The van der Waals surface area contributed by atoms with Crippen molar-refractivity contribution in [1.82, 2.24) is 19.7 Å². The average molecular weight is 286 g/mol. The van der Waals surface area contributed by atoms with E-state index in [1.807, 2.05) is 49.0 Å². The van der Waals surface area contributed by atoms with Crippen molar-refractivity contribution in [2.45, 2.75) is 17.8 Å². The molecule has 3 rings (SSSR count). The molecule has 0 spiro atoms. The number of thioether (sulfide) groups is 1. The first-order valence-corrected chi connectivity index (χ1v) is 7.20. The molecule has 5 nitrogen and oxygen atoms in total. The predicted molar refractivity (Wildman–Crippen MR) is 77.2 cm³/mol. The highest BCUT2D eigenvalue weighted by atomic mass is 32.2. The first kappa shape index (κ1) is 12.9. The maximum absolute atomic E-state index is 5.30. The predicted octanol–water partition coefficient (Wildman–Crippen LogP) is 3.07. The van der Waals surface area contributed by atoms with Gasteiger partial charge < -0.3 is 9.09 Å². The van der Waals surface area contributed by atoms with Crippen molar-refractivity contribution in [3.63, 3.8) is 0 Å². The summed E-state index contributed by atoms with van der Waals surface area (Å²) in [5.74, 6) is 1.87. The zero-order valence-corrected chi connectivity index (χ0v) is 12.1. The van der Waals surface area contributed by atoms with Gasteiger partial charge in [0, 0.05) is 25.0 Å². The molecule has 3 aromatic rings. The molecule has 20 heavy (non-hydrogen) atoms. The molecule has 0 atom stereocenters. The van der Waals surface area contributed by atoms with E-state index in [9.17, 15) is 0 Å². The van der Waals surface area contributed by atoms with Crippen molar-refractivity contribution in [2.75, 3.05) is 0 Å². The van der Waals surface area contributed by atoms with Crippen LogP contribution in [0.25, 0.3) is 11.5 Å². The molecule has 2 aromatic heterocycles. The number of nitrogens with zero attached hydrogens (tertiary/aromatic N) is 4. The average Bonchev–Trinajstić information content (AvgIpc) is 3.05. The second-order valence-electron chi connectivity index (χ2n) is 4.49. The second kappa shape index (κ2) is 5.50. The van der Waals surface area contributed by atoms with Crippen molar-refractivity contribution in [3.8, 4) is 11.5 Å². The molecule has 0 bridgehead atoms. The minimum Gasteiger partial charge on any atom is -0.334 e. The van der Waals surface area contributed by atoms with E-state index in [1.54, 1.807) is 18.0 Å². The molecule has 0 N–H and O–H groups in total. The van der Waals surface area contributed by atoms with Crippen molar-refractivity contribution in [2.24, 2.45) is 7.05 Å². The van der Waals surface area contributed by atoms with Gasteiger partial charge in [-0.15, -0.1) is 0 Å². The molecule has 6 heteroatoms. The number of rotatable bonds is 4. The third kappa shape index (κ3) is 2.75. The van der Waals surface area contributed by atoms with Crippen LogP contribution in [0.1, 0.15) is 11.4 Å². The summed E-state index contributed by atoms with van der Waals surface area (Å²) in [6, 6.07) is 8.02. The summed E-state index contributed by atoms with van der Waals surface area (Å²) in [4.78, 5) is 8.66. The smallest absolute Gasteiger partial charge is 0.257 e. The zero-order chi connectivity index (χ0) is 13.9. The fraction of sp³-hybridized carbons (Fsp3) is 0.214. The lowest BCUT2D eigenvalue weighted by Crippen LogP contribution is -1.91. The molecular formula is C14H14N4OS. The lowest BCUT2D eigenvalue weighted by Gasteiger charge is -1.97. The fourth-order valence-electron chi connectivity index (χ4n) is 1.83. The van der Waals surface area contributed by atoms with E-state index in [0.29, 0.717) is 17.5 Å². The van der Waals surface area contributed by atoms with E-state index >= 15 is 0 Å². The molecule has 2 heterocycles. The van der Waals surface area contributed by atoms with Gasteiger partial charge in [0.15, 0.2) is 11.0 Å². The van der Waals surface area contributed by atoms with Gasteiger partial charge in [0.2, 0.25) is 0 Å². The Hall–Kier alpha value is -2.08. The number of hydrogen-bond acceptors (Lipinski definition) is 5. The Morgan fingerprint density at radius 3 is 3.00 bits per heavy atom. The summed E-state index contributed by atoms with van der Waals surface area (Å²) < 4.78 is 7.27. The molecule has 0 aliphatic heterocycles. The number of aryl methyl sites for hydroxylation is 2. The fourth-order valence-corrected chi connectivity index (χ4v) is 2.60. The normalized spacial score (nSPS) is 10.9. The van der Waals surface area contributed by atoms with E-state index in [0.717, 1.165) is 10.7 Å². The van der Waals surface area contributed by atoms with Crippen LogP contribution in [0.3, 0.4) is 0 Å². The molecule has 102 valence electrons. The highest BCUT2D eigenvalue weighted by Gasteiger charge is 2.10. The maximum atomic E-state index is 5.30. The van der Waals surface area contributed by atoms with E-state index in [4.69, 9.17) is 4.52 Å². The molecule has 0 amide bonds. The van der Waals surface area contributed by atoms with Crippen LogP contribution in [0.4, 0.5) is 0 Å². The first-order chi connectivity index (χ1) is 9.72. The Bertz CT molecular complexity index is 719. The molecule has 0 saturated heterocycles. The van der Waals surface area contributed by atoms with Crippen LogP contribution in [0.15, 0.2) is 46.3 Å². The van der Waals surface area contributed by atoms with Crippen LogP contribution < -0.4 is 0 Å². The Balaban J connectivity index is 1.72. The van der Waals surface area contributed by atoms with Gasteiger partial charge in [0.1, 0.15) is 0 Å². The van der Waals surface area contributed by atoms with Crippen LogP contribution in [0.5, 0.6) is 0 Å². The van der Waals surface area contributed by atoms with Crippen LogP contribution >= 0.6 is 11.8 Å². The van der Waals surface area contributed by atoms with E-state index in [1.165, 1.54) is 5.56 Å². The topological polar surface area (TPSA) is 56.7 Å². The third-order valence-electron chi connectivity index (χ3n) is 2.84. The lowest BCUT2D eigenvalue weighted by molar-refractivity contribution is 0.425. The highest BCUT2D eigenvalue weighted by molar-refractivity contribution is 7.98. The van der Waals surface area contributed by atoms with Gasteiger partial charge >= 0.3 is 0 Å². The lowest BCUT2D eigenvalue weighted by atomic mass is 10.1. The Labute approximate surface area is 121 Å². The van der Waals surface area contributed by atoms with Crippen LogP contribution in [0.2, 0.25) is 0 Å². The molecule has 1 aromatic carbocycles. The van der Waals surface area contributed by atoms with Crippen molar-refractivity contribution >= 4 is 11.8 Å². The van der Waals surface area contributed by atoms with Crippen molar-refractivity contribution in [3.05, 3.63) is 48.0 Å². The SMILES string of the molecule is Cc1cccc(-c2nc(CSc3nccn3C)no2)c1. The summed E-state index contributed by atoms with van der Waals surface area (Å²) in [6.07, 6.45) is 3.69. The highest BCUT2D eigenvalue weighted by Crippen LogP contribution is 2.22. The van der Waals surface area contributed by atoms with Crippen molar-refractivity contribution in [1.29, 1.82) is 0 Å². The maximum Gasteiger partial charge on any atom is 0.257 e.